The van der Waals surface area contributed by atoms with Gasteiger partial charge in [0, 0.05) is 22.9 Å². The molecule has 4 heteroatoms. The fourth-order valence-corrected chi connectivity index (χ4v) is 3.73. The van der Waals surface area contributed by atoms with Crippen molar-refractivity contribution in [1.29, 1.82) is 0 Å². The molecule has 1 heterocycles. The van der Waals surface area contributed by atoms with E-state index in [1.807, 2.05) is 43.3 Å². The van der Waals surface area contributed by atoms with Gasteiger partial charge in [0.05, 0.1) is 11.3 Å². The molecule has 0 N–H and O–H groups in total. The molecule has 0 fully saturated rings. The number of carbonyl (C=O) groups excluding carboxylic acids is 1. The summed E-state index contributed by atoms with van der Waals surface area (Å²) in [6.07, 6.45) is 0. The van der Waals surface area contributed by atoms with Crippen LogP contribution in [0.5, 0.6) is 0 Å². The Bertz CT molecular complexity index is 712. The first kappa shape index (κ1) is 15.1. The van der Waals surface area contributed by atoms with Gasteiger partial charge in [-0.25, -0.2) is 0 Å². The first-order chi connectivity index (χ1) is 10.6. The van der Waals surface area contributed by atoms with Crippen LogP contribution in [-0.4, -0.2) is 38.0 Å². The van der Waals surface area contributed by atoms with E-state index >= 15 is 0 Å². The number of rotatable bonds is 3. The van der Waals surface area contributed by atoms with E-state index in [0.717, 1.165) is 27.6 Å². The Balaban J connectivity index is 2.10. The van der Waals surface area contributed by atoms with E-state index in [9.17, 15) is 4.79 Å². The van der Waals surface area contributed by atoms with E-state index in [-0.39, 0.29) is 5.91 Å². The van der Waals surface area contributed by atoms with E-state index in [4.69, 9.17) is 0 Å². The van der Waals surface area contributed by atoms with Crippen LogP contribution in [0.1, 0.15) is 15.9 Å². The van der Waals surface area contributed by atoms with Crippen LogP contribution in [0.2, 0.25) is 0 Å². The lowest BCUT2D eigenvalue weighted by molar-refractivity contribution is 0.0982. The summed E-state index contributed by atoms with van der Waals surface area (Å²) in [4.78, 5) is 19.2. The molecular weight excluding hydrogens is 292 g/mol. The zero-order chi connectivity index (χ0) is 15.7. The second-order valence-electron chi connectivity index (χ2n) is 5.83. The van der Waals surface area contributed by atoms with E-state index in [1.54, 1.807) is 11.8 Å². The summed E-state index contributed by atoms with van der Waals surface area (Å²) in [5, 5.41) is 0. The highest BCUT2D eigenvalue weighted by Gasteiger charge is 2.26. The minimum absolute atomic E-state index is 0.0903. The monoisotopic (exact) mass is 312 g/mol. The quantitative estimate of drug-likeness (QED) is 0.864. The van der Waals surface area contributed by atoms with Crippen LogP contribution >= 0.6 is 11.8 Å². The molecule has 0 spiro atoms. The third kappa shape index (κ3) is 2.89. The Kier molecular flexibility index (Phi) is 4.23. The molecule has 0 aromatic heterocycles. The fourth-order valence-electron chi connectivity index (χ4n) is 2.55. The average molecular weight is 312 g/mol. The largest absolute Gasteiger partial charge is 0.308 e. The third-order valence-corrected chi connectivity index (χ3v) is 4.88. The van der Waals surface area contributed by atoms with Gasteiger partial charge in [-0.05, 0) is 50.8 Å². The second-order valence-corrected chi connectivity index (χ2v) is 6.91. The minimum Gasteiger partial charge on any atom is -0.308 e. The fraction of sp³-hybridized carbons (Fsp3) is 0.278. The van der Waals surface area contributed by atoms with Crippen molar-refractivity contribution in [1.82, 2.24) is 4.90 Å². The van der Waals surface area contributed by atoms with Gasteiger partial charge in [0.25, 0.3) is 5.91 Å². The number of carbonyl (C=O) groups is 1. The summed E-state index contributed by atoms with van der Waals surface area (Å²) in [5.41, 5.74) is 3.02. The third-order valence-electron chi connectivity index (χ3n) is 3.76. The Morgan fingerprint density at radius 3 is 2.64 bits per heavy atom. The smallest absolute Gasteiger partial charge is 0.259 e. The lowest BCUT2D eigenvalue weighted by Crippen LogP contribution is -2.36. The molecule has 114 valence electrons. The van der Waals surface area contributed by atoms with Gasteiger partial charge in [-0.3, -0.25) is 4.79 Å². The number of fused-ring (bicyclic) bond motifs is 2. The highest BCUT2D eigenvalue weighted by atomic mass is 32.2. The number of hydrogen-bond donors (Lipinski definition) is 0. The van der Waals surface area contributed by atoms with Crippen LogP contribution in [0.25, 0.3) is 0 Å². The van der Waals surface area contributed by atoms with E-state index in [0.29, 0.717) is 6.54 Å². The zero-order valence-electron chi connectivity index (χ0n) is 13.2. The average Bonchev–Trinajstić information content (AvgIpc) is 2.59. The summed E-state index contributed by atoms with van der Waals surface area (Å²) in [6.45, 7) is 3.62. The van der Waals surface area contributed by atoms with Gasteiger partial charge >= 0.3 is 0 Å². The molecule has 0 unspecified atom stereocenters. The predicted octanol–water partition coefficient (Wildman–Crippen LogP) is 3.67. The summed E-state index contributed by atoms with van der Waals surface area (Å²) in [7, 11) is 4.06. The van der Waals surface area contributed by atoms with Crippen LogP contribution in [-0.2, 0) is 0 Å². The van der Waals surface area contributed by atoms with Crippen molar-refractivity contribution in [3.63, 3.8) is 0 Å². The molecule has 2 aromatic rings. The van der Waals surface area contributed by atoms with Gasteiger partial charge in [-0.1, -0.05) is 30.0 Å². The molecule has 0 saturated heterocycles. The second kappa shape index (κ2) is 6.15. The Hall–Kier alpha value is -1.78. The molecule has 1 amide bonds. The molecule has 0 radical (unpaired) electrons. The van der Waals surface area contributed by atoms with Crippen molar-refractivity contribution in [2.24, 2.45) is 0 Å². The first-order valence-corrected chi connectivity index (χ1v) is 8.22. The van der Waals surface area contributed by atoms with Crippen molar-refractivity contribution in [2.75, 3.05) is 32.1 Å². The maximum Gasteiger partial charge on any atom is 0.259 e. The molecule has 3 nitrogen and oxygen atoms in total. The summed E-state index contributed by atoms with van der Waals surface area (Å²) < 4.78 is 0. The number of nitrogens with zero attached hydrogens (tertiary/aromatic N) is 2. The normalized spacial score (nSPS) is 13.8. The van der Waals surface area contributed by atoms with Crippen molar-refractivity contribution < 1.29 is 4.79 Å². The topological polar surface area (TPSA) is 23.6 Å². The van der Waals surface area contributed by atoms with Crippen molar-refractivity contribution >= 4 is 23.4 Å². The molecule has 2 aromatic carbocycles. The SMILES string of the molecule is Cc1ccc2c(c1)Sc1ccccc1C(=O)N2CCN(C)C. The molecule has 0 saturated carbocycles. The molecule has 0 bridgehead atoms. The van der Waals surface area contributed by atoms with Crippen LogP contribution in [0.4, 0.5) is 5.69 Å². The summed E-state index contributed by atoms with van der Waals surface area (Å²) in [5.74, 6) is 0.0903. The number of likely N-dealkylation sites (N-methyl/N-ethyl adjacent to an activating group) is 1. The van der Waals surface area contributed by atoms with Crippen molar-refractivity contribution in [2.45, 2.75) is 16.7 Å². The Morgan fingerprint density at radius 2 is 1.86 bits per heavy atom. The Labute approximate surface area is 135 Å². The maximum atomic E-state index is 13.0. The standard InChI is InChI=1S/C18H20N2OS/c1-13-8-9-15-17(12-13)22-16-7-5-4-6-14(16)18(21)20(15)11-10-19(2)3/h4-9,12H,10-11H2,1-3H3. The van der Waals surface area contributed by atoms with Gasteiger partial charge in [-0.2, -0.15) is 0 Å². The van der Waals surface area contributed by atoms with Gasteiger partial charge < -0.3 is 9.80 Å². The molecule has 1 aliphatic rings. The number of anilines is 1. The number of hydrogen-bond acceptors (Lipinski definition) is 3. The van der Waals surface area contributed by atoms with Gasteiger partial charge in [0.2, 0.25) is 0 Å². The van der Waals surface area contributed by atoms with E-state index in [2.05, 4.69) is 30.0 Å². The van der Waals surface area contributed by atoms with Crippen molar-refractivity contribution in [3.05, 3.63) is 53.6 Å². The Morgan fingerprint density at radius 1 is 1.09 bits per heavy atom. The maximum absolute atomic E-state index is 13.0. The lowest BCUT2D eigenvalue weighted by Gasteiger charge is -2.24. The molecule has 0 aliphatic carbocycles. The van der Waals surface area contributed by atoms with Gasteiger partial charge in [0.15, 0.2) is 0 Å². The van der Waals surface area contributed by atoms with Crippen LogP contribution in [0, 0.1) is 6.92 Å². The molecule has 1 aliphatic heterocycles. The van der Waals surface area contributed by atoms with E-state index in [1.165, 1.54) is 5.56 Å². The van der Waals surface area contributed by atoms with Crippen LogP contribution in [0.15, 0.2) is 52.3 Å². The summed E-state index contributed by atoms with van der Waals surface area (Å²) >= 11 is 1.68. The molecule has 3 rings (SSSR count). The van der Waals surface area contributed by atoms with Gasteiger partial charge in [-0.15, -0.1) is 0 Å². The predicted molar refractivity (Wildman–Crippen MR) is 92.0 cm³/mol. The van der Waals surface area contributed by atoms with Gasteiger partial charge in [0.1, 0.15) is 0 Å². The molecular formula is C18H20N2OS. The van der Waals surface area contributed by atoms with Crippen molar-refractivity contribution in [3.8, 4) is 0 Å². The van der Waals surface area contributed by atoms with Crippen LogP contribution < -0.4 is 4.90 Å². The minimum atomic E-state index is 0.0903. The number of benzene rings is 2. The zero-order valence-corrected chi connectivity index (χ0v) is 14.0. The van der Waals surface area contributed by atoms with Crippen LogP contribution in [0.3, 0.4) is 0 Å². The highest BCUT2D eigenvalue weighted by Crippen LogP contribution is 2.41. The summed E-state index contributed by atoms with van der Waals surface area (Å²) in [6, 6.07) is 14.2. The van der Waals surface area contributed by atoms with E-state index < -0.39 is 0 Å². The molecule has 22 heavy (non-hydrogen) atoms. The number of aryl methyl sites for hydroxylation is 1. The first-order valence-electron chi connectivity index (χ1n) is 7.40. The highest BCUT2D eigenvalue weighted by molar-refractivity contribution is 7.99. The lowest BCUT2D eigenvalue weighted by atomic mass is 10.1. The molecule has 0 atom stereocenters. The number of amides is 1.